The summed E-state index contributed by atoms with van der Waals surface area (Å²) in [4.78, 5) is 14.2. The van der Waals surface area contributed by atoms with E-state index in [4.69, 9.17) is 21.3 Å². The Morgan fingerprint density at radius 1 is 0.968 bits per heavy atom. The molecule has 7 nitrogen and oxygen atoms in total. The number of hydrogen-bond donors (Lipinski definition) is 0. The molecule has 31 heavy (non-hydrogen) atoms. The van der Waals surface area contributed by atoms with Crippen LogP contribution in [-0.2, 0) is 9.84 Å². The van der Waals surface area contributed by atoms with Gasteiger partial charge in [-0.1, -0.05) is 40.3 Å². The number of methoxy groups -OCH3 is 1. The van der Waals surface area contributed by atoms with E-state index in [-0.39, 0.29) is 4.90 Å². The Labute approximate surface area is 192 Å². The van der Waals surface area contributed by atoms with Crippen LogP contribution in [0.5, 0.6) is 5.75 Å². The van der Waals surface area contributed by atoms with Crippen LogP contribution in [0, 0.1) is 0 Å². The fourth-order valence-electron chi connectivity index (χ4n) is 3.68. The van der Waals surface area contributed by atoms with Crippen LogP contribution in [0.3, 0.4) is 0 Å². The third-order valence-electron chi connectivity index (χ3n) is 5.26. The third kappa shape index (κ3) is 3.71. The number of aromatic nitrogens is 2. The van der Waals surface area contributed by atoms with Crippen molar-refractivity contribution in [3.63, 3.8) is 0 Å². The summed E-state index contributed by atoms with van der Waals surface area (Å²) in [5, 5.41) is 2.44. The molecule has 3 heterocycles. The first-order valence-electron chi connectivity index (χ1n) is 9.57. The maximum Gasteiger partial charge on any atom is 0.186 e. The number of nitrogens with zero attached hydrogens (tertiary/aromatic N) is 4. The van der Waals surface area contributed by atoms with Gasteiger partial charge in [0.25, 0.3) is 0 Å². The Hall–Kier alpha value is -2.14. The molecule has 2 aromatic carbocycles. The van der Waals surface area contributed by atoms with Gasteiger partial charge in [-0.3, -0.25) is 0 Å². The molecule has 5 rings (SSSR count). The van der Waals surface area contributed by atoms with Crippen molar-refractivity contribution >= 4 is 74.8 Å². The van der Waals surface area contributed by atoms with Gasteiger partial charge in [-0.25, -0.2) is 18.4 Å². The molecular formula is C20H19ClN4O3S3. The zero-order valence-electron chi connectivity index (χ0n) is 16.8. The summed E-state index contributed by atoms with van der Waals surface area (Å²) in [6.45, 7) is 3.12. The molecule has 0 radical (unpaired) electrons. The lowest BCUT2D eigenvalue weighted by Gasteiger charge is -2.34. The molecule has 0 unspecified atom stereocenters. The molecule has 0 bridgehead atoms. The van der Waals surface area contributed by atoms with Gasteiger partial charge in [0, 0.05) is 32.4 Å². The number of anilines is 2. The van der Waals surface area contributed by atoms with E-state index in [9.17, 15) is 8.42 Å². The number of benzene rings is 2. The smallest absolute Gasteiger partial charge is 0.186 e. The van der Waals surface area contributed by atoms with Crippen molar-refractivity contribution < 1.29 is 13.2 Å². The van der Waals surface area contributed by atoms with E-state index < -0.39 is 9.84 Å². The molecule has 1 fully saturated rings. The first kappa shape index (κ1) is 20.7. The zero-order valence-corrected chi connectivity index (χ0v) is 20.0. The Balaban J connectivity index is 1.39. The van der Waals surface area contributed by atoms with Gasteiger partial charge in [0.05, 0.1) is 26.4 Å². The lowest BCUT2D eigenvalue weighted by molar-refractivity contribution is 0.419. The van der Waals surface area contributed by atoms with Crippen molar-refractivity contribution in [1.82, 2.24) is 9.97 Å². The maximum atomic E-state index is 12.1. The predicted octanol–water partition coefficient (Wildman–Crippen LogP) is 4.30. The highest BCUT2D eigenvalue weighted by Gasteiger charge is 2.24. The number of sulfone groups is 1. The minimum atomic E-state index is -3.32. The predicted molar refractivity (Wildman–Crippen MR) is 128 cm³/mol. The molecule has 11 heteroatoms. The molecular weight excluding hydrogens is 476 g/mol. The molecule has 1 saturated heterocycles. The highest BCUT2D eigenvalue weighted by atomic mass is 35.5. The van der Waals surface area contributed by atoms with Gasteiger partial charge in [0.1, 0.15) is 16.8 Å². The topological polar surface area (TPSA) is 75.6 Å². The lowest BCUT2D eigenvalue weighted by atomic mass is 10.3. The zero-order chi connectivity index (χ0) is 21.8. The highest BCUT2D eigenvalue weighted by Crippen LogP contribution is 2.39. The van der Waals surface area contributed by atoms with E-state index in [1.54, 1.807) is 30.6 Å². The molecule has 0 amide bonds. The van der Waals surface area contributed by atoms with Gasteiger partial charge >= 0.3 is 0 Å². The van der Waals surface area contributed by atoms with Gasteiger partial charge in [-0.05, 0) is 24.3 Å². The van der Waals surface area contributed by atoms with Crippen LogP contribution in [0.15, 0.2) is 35.2 Å². The van der Waals surface area contributed by atoms with Crippen LogP contribution in [-0.4, -0.2) is 57.9 Å². The molecule has 1 aliphatic rings. The molecule has 1 aliphatic heterocycles. The average Bonchev–Trinajstić information content (AvgIpc) is 3.38. The van der Waals surface area contributed by atoms with Gasteiger partial charge in [-0.2, -0.15) is 0 Å². The molecule has 4 aromatic rings. The second-order valence-corrected chi connectivity index (χ2v) is 11.6. The third-order valence-corrected chi connectivity index (χ3v) is 9.04. The van der Waals surface area contributed by atoms with E-state index in [0.29, 0.717) is 10.5 Å². The summed E-state index contributed by atoms with van der Waals surface area (Å²) in [5.74, 6) is 0.719. The van der Waals surface area contributed by atoms with E-state index in [0.717, 1.165) is 57.1 Å². The van der Waals surface area contributed by atoms with Gasteiger partial charge in [0.2, 0.25) is 0 Å². The molecule has 0 spiro atoms. The van der Waals surface area contributed by atoms with Crippen LogP contribution in [0.4, 0.5) is 10.3 Å². The number of piperazine rings is 1. The number of hydrogen-bond acceptors (Lipinski definition) is 9. The molecule has 162 valence electrons. The van der Waals surface area contributed by atoms with Crippen LogP contribution in [0.2, 0.25) is 5.02 Å². The van der Waals surface area contributed by atoms with Gasteiger partial charge in [-0.15, -0.1) is 0 Å². The molecule has 0 N–H and O–H groups in total. The summed E-state index contributed by atoms with van der Waals surface area (Å²) in [7, 11) is -1.69. The summed E-state index contributed by atoms with van der Waals surface area (Å²) < 4.78 is 31.4. The molecule has 0 aliphatic carbocycles. The van der Waals surface area contributed by atoms with Crippen molar-refractivity contribution in [3.05, 3.63) is 35.4 Å². The molecule has 0 saturated carbocycles. The van der Waals surface area contributed by atoms with Crippen molar-refractivity contribution in [2.75, 3.05) is 49.3 Å². The number of ether oxygens (including phenoxy) is 1. The van der Waals surface area contributed by atoms with Gasteiger partial charge < -0.3 is 14.5 Å². The number of rotatable bonds is 4. The quantitative estimate of drug-likeness (QED) is 0.418. The van der Waals surface area contributed by atoms with E-state index in [2.05, 4.69) is 14.8 Å². The van der Waals surface area contributed by atoms with Gasteiger partial charge in [0.15, 0.2) is 20.1 Å². The van der Waals surface area contributed by atoms with E-state index >= 15 is 0 Å². The van der Waals surface area contributed by atoms with Crippen LogP contribution in [0.25, 0.3) is 20.4 Å². The summed E-state index contributed by atoms with van der Waals surface area (Å²) in [6.07, 6.45) is 1.22. The minimum absolute atomic E-state index is 0.284. The summed E-state index contributed by atoms with van der Waals surface area (Å²) in [6, 6.07) is 8.97. The molecule has 0 atom stereocenters. The maximum absolute atomic E-state index is 12.1. The standard InChI is InChI=1S/C20H19ClN4O3S3/c1-28-13-7-6-12(21)18-16(13)22-20(30-18)25-10-8-24(9-11-25)19-23-17-14(29-19)4-3-5-15(17)31(2,26)27/h3-7H,8-11H2,1-2H3. The van der Waals surface area contributed by atoms with Crippen LogP contribution in [0.1, 0.15) is 0 Å². The lowest BCUT2D eigenvalue weighted by Crippen LogP contribution is -2.46. The van der Waals surface area contributed by atoms with Crippen molar-refractivity contribution in [2.45, 2.75) is 4.90 Å². The fourth-order valence-corrected chi connectivity index (χ4v) is 6.93. The Morgan fingerprint density at radius 3 is 2.26 bits per heavy atom. The molecule has 2 aromatic heterocycles. The second-order valence-electron chi connectivity index (χ2n) is 7.27. The van der Waals surface area contributed by atoms with Crippen molar-refractivity contribution in [2.24, 2.45) is 0 Å². The Bertz CT molecular complexity index is 1390. The van der Waals surface area contributed by atoms with E-state index in [1.807, 2.05) is 18.2 Å². The Morgan fingerprint density at radius 2 is 1.61 bits per heavy atom. The fraction of sp³-hybridized carbons (Fsp3) is 0.300. The number of halogens is 1. The highest BCUT2D eigenvalue weighted by molar-refractivity contribution is 7.91. The van der Waals surface area contributed by atoms with Crippen LogP contribution < -0.4 is 14.5 Å². The van der Waals surface area contributed by atoms with Crippen molar-refractivity contribution in [1.29, 1.82) is 0 Å². The first-order chi connectivity index (χ1) is 14.8. The number of para-hydroxylation sites is 1. The summed E-state index contributed by atoms with van der Waals surface area (Å²) >= 11 is 9.46. The summed E-state index contributed by atoms with van der Waals surface area (Å²) in [5.41, 5.74) is 1.34. The Kier molecular flexibility index (Phi) is 5.20. The largest absolute Gasteiger partial charge is 0.494 e. The van der Waals surface area contributed by atoms with Crippen LogP contribution >= 0.6 is 34.3 Å². The first-order valence-corrected chi connectivity index (χ1v) is 13.5. The number of thiazole rings is 2. The monoisotopic (exact) mass is 494 g/mol. The average molecular weight is 495 g/mol. The van der Waals surface area contributed by atoms with Crippen molar-refractivity contribution in [3.8, 4) is 5.75 Å². The minimum Gasteiger partial charge on any atom is -0.494 e. The van der Waals surface area contributed by atoms with E-state index in [1.165, 1.54) is 17.6 Å². The second kappa shape index (κ2) is 7.77. The normalized spacial score (nSPS) is 15.2. The number of fused-ring (bicyclic) bond motifs is 2. The SMILES string of the molecule is COc1ccc(Cl)c2sc(N3CCN(c4nc5c(S(C)(=O)=O)cccc5s4)CC3)nc12.